The molecule has 5 rings (SSSR count). The normalized spacial score (nSPS) is 18.5. The van der Waals surface area contributed by atoms with Crippen LogP contribution in [0.1, 0.15) is 17.5 Å². The minimum atomic E-state index is -1.20. The molecule has 0 aromatic heterocycles. The van der Waals surface area contributed by atoms with Gasteiger partial charge in [-0.15, -0.1) is 0 Å². The molecule has 1 spiro atoms. The molecule has 11 heteroatoms. The standard InChI is InChI=1S/C28H25ClN4O6/c29-18-6-11-23-22(15-18)28(39-27(38)32-23)12-13-33(16-28)25(35)21(14-17-4-2-1-3-5-17)24(34)30-19-7-9-20(10-8-19)31-26(36)37/h1-11,15,21,31H,12-14,16H2,(H,30,34)(H,32,38)(H,36,37)/t21-,28-/m1/s1. The van der Waals surface area contributed by atoms with Gasteiger partial charge in [0, 0.05) is 34.9 Å². The Morgan fingerprint density at radius 2 is 1.72 bits per heavy atom. The second-order valence-electron chi connectivity index (χ2n) is 9.45. The van der Waals surface area contributed by atoms with Gasteiger partial charge in [-0.1, -0.05) is 41.9 Å². The van der Waals surface area contributed by atoms with E-state index in [9.17, 15) is 19.2 Å². The molecule has 2 aliphatic rings. The van der Waals surface area contributed by atoms with Gasteiger partial charge in [0.25, 0.3) is 0 Å². The highest BCUT2D eigenvalue weighted by molar-refractivity contribution is 6.30. The summed E-state index contributed by atoms with van der Waals surface area (Å²) in [4.78, 5) is 52.1. The number of rotatable bonds is 6. The van der Waals surface area contributed by atoms with Crippen molar-refractivity contribution in [2.45, 2.75) is 18.4 Å². The number of likely N-dealkylation sites (tertiary alicyclic amines) is 1. The van der Waals surface area contributed by atoms with Crippen molar-refractivity contribution < 1.29 is 29.0 Å². The van der Waals surface area contributed by atoms with Crippen LogP contribution in [0, 0.1) is 5.92 Å². The van der Waals surface area contributed by atoms with Crippen molar-refractivity contribution in [3.8, 4) is 0 Å². The number of benzene rings is 3. The van der Waals surface area contributed by atoms with E-state index in [-0.39, 0.29) is 19.5 Å². The van der Waals surface area contributed by atoms with Gasteiger partial charge in [0.15, 0.2) is 5.60 Å². The van der Waals surface area contributed by atoms with Crippen LogP contribution in [0.3, 0.4) is 0 Å². The third-order valence-corrected chi connectivity index (χ3v) is 7.08. The lowest BCUT2D eigenvalue weighted by atomic mass is 9.90. The predicted molar refractivity (Wildman–Crippen MR) is 145 cm³/mol. The monoisotopic (exact) mass is 548 g/mol. The van der Waals surface area contributed by atoms with E-state index in [0.717, 1.165) is 5.56 Å². The highest BCUT2D eigenvalue weighted by atomic mass is 35.5. The Hall–Kier alpha value is -4.57. The van der Waals surface area contributed by atoms with Crippen LogP contribution in [0.2, 0.25) is 5.02 Å². The number of amides is 4. The largest absolute Gasteiger partial charge is 0.465 e. The maximum absolute atomic E-state index is 13.9. The molecule has 10 nitrogen and oxygen atoms in total. The van der Waals surface area contributed by atoms with Gasteiger partial charge in [-0.2, -0.15) is 0 Å². The summed E-state index contributed by atoms with van der Waals surface area (Å²) in [7, 11) is 0. The van der Waals surface area contributed by atoms with Gasteiger partial charge >= 0.3 is 12.2 Å². The Labute approximate surface area is 228 Å². The van der Waals surface area contributed by atoms with Crippen LogP contribution in [-0.4, -0.2) is 47.1 Å². The maximum atomic E-state index is 13.9. The van der Waals surface area contributed by atoms with Crippen LogP contribution in [-0.2, 0) is 26.3 Å². The summed E-state index contributed by atoms with van der Waals surface area (Å²) >= 11 is 6.23. The molecule has 39 heavy (non-hydrogen) atoms. The molecule has 0 bridgehead atoms. The molecule has 0 unspecified atom stereocenters. The average molecular weight is 549 g/mol. The summed E-state index contributed by atoms with van der Waals surface area (Å²) < 4.78 is 5.74. The molecule has 0 radical (unpaired) electrons. The van der Waals surface area contributed by atoms with Gasteiger partial charge < -0.3 is 20.1 Å². The van der Waals surface area contributed by atoms with Gasteiger partial charge in [-0.25, -0.2) is 9.59 Å². The second-order valence-corrected chi connectivity index (χ2v) is 9.88. The lowest BCUT2D eigenvalue weighted by molar-refractivity contribution is -0.140. The van der Waals surface area contributed by atoms with Crippen molar-refractivity contribution in [2.75, 3.05) is 29.0 Å². The Balaban J connectivity index is 1.38. The summed E-state index contributed by atoms with van der Waals surface area (Å²) in [5.41, 5.74) is 1.76. The Morgan fingerprint density at radius 3 is 2.41 bits per heavy atom. The number of hydrogen-bond acceptors (Lipinski definition) is 5. The molecule has 2 atom stereocenters. The predicted octanol–water partition coefficient (Wildman–Crippen LogP) is 4.92. The molecule has 4 N–H and O–H groups in total. The number of nitrogens with zero attached hydrogens (tertiary/aromatic N) is 1. The van der Waals surface area contributed by atoms with Crippen LogP contribution >= 0.6 is 11.6 Å². The van der Waals surface area contributed by atoms with E-state index in [1.54, 1.807) is 35.2 Å². The molecule has 1 saturated heterocycles. The first-order chi connectivity index (χ1) is 18.7. The van der Waals surface area contributed by atoms with Crippen LogP contribution in [0.5, 0.6) is 0 Å². The zero-order chi connectivity index (χ0) is 27.6. The molecule has 1 fully saturated rings. The minimum absolute atomic E-state index is 0.0840. The summed E-state index contributed by atoms with van der Waals surface area (Å²) in [5.74, 6) is -1.96. The lowest BCUT2D eigenvalue weighted by Gasteiger charge is -2.35. The van der Waals surface area contributed by atoms with Crippen LogP contribution in [0.4, 0.5) is 26.7 Å². The number of carboxylic acid groups (broad SMARTS) is 1. The second kappa shape index (κ2) is 10.7. The number of anilines is 3. The number of hydrogen-bond donors (Lipinski definition) is 4. The van der Waals surface area contributed by atoms with Gasteiger partial charge in [0.2, 0.25) is 11.8 Å². The molecule has 3 aromatic rings. The smallest absolute Gasteiger partial charge is 0.412 e. The number of carbonyl (C=O) groups is 4. The third kappa shape index (κ3) is 5.65. The summed E-state index contributed by atoms with van der Waals surface area (Å²) in [6.07, 6.45) is -1.29. The number of ether oxygens (including phenoxy) is 1. The van der Waals surface area contributed by atoms with Crippen molar-refractivity contribution in [3.63, 3.8) is 0 Å². The first kappa shape index (κ1) is 26.1. The fourth-order valence-corrected chi connectivity index (χ4v) is 5.17. The Morgan fingerprint density at radius 1 is 1.03 bits per heavy atom. The molecule has 2 aliphatic heterocycles. The molecule has 3 aromatic carbocycles. The summed E-state index contributed by atoms with van der Waals surface area (Å²) in [6.45, 7) is 0.368. The minimum Gasteiger partial charge on any atom is -0.465 e. The van der Waals surface area contributed by atoms with Gasteiger partial charge in [0.05, 0.1) is 12.2 Å². The molecule has 2 heterocycles. The molecule has 4 amide bonds. The number of fused-ring (bicyclic) bond motifs is 2. The van der Waals surface area contributed by atoms with Gasteiger partial charge in [-0.3, -0.25) is 20.2 Å². The molecular weight excluding hydrogens is 524 g/mol. The van der Waals surface area contributed by atoms with E-state index in [2.05, 4.69) is 16.0 Å². The van der Waals surface area contributed by atoms with E-state index in [0.29, 0.717) is 34.1 Å². The van der Waals surface area contributed by atoms with E-state index in [1.165, 1.54) is 12.1 Å². The van der Waals surface area contributed by atoms with E-state index < -0.39 is 35.5 Å². The fraction of sp³-hybridized carbons (Fsp3) is 0.214. The van der Waals surface area contributed by atoms with Crippen LogP contribution in [0.15, 0.2) is 72.8 Å². The first-order valence-electron chi connectivity index (χ1n) is 12.3. The number of halogens is 1. The topological polar surface area (TPSA) is 137 Å². The van der Waals surface area contributed by atoms with E-state index >= 15 is 0 Å². The quantitative estimate of drug-likeness (QED) is 0.323. The van der Waals surface area contributed by atoms with Crippen LogP contribution < -0.4 is 16.0 Å². The molecule has 200 valence electrons. The van der Waals surface area contributed by atoms with Crippen molar-refractivity contribution in [2.24, 2.45) is 5.92 Å². The zero-order valence-corrected chi connectivity index (χ0v) is 21.4. The van der Waals surface area contributed by atoms with Gasteiger partial charge in [0.1, 0.15) is 5.92 Å². The fourth-order valence-electron chi connectivity index (χ4n) is 5.00. The maximum Gasteiger partial charge on any atom is 0.412 e. The van der Waals surface area contributed by atoms with E-state index in [4.69, 9.17) is 21.4 Å². The van der Waals surface area contributed by atoms with Gasteiger partial charge in [-0.05, 0) is 54.4 Å². The number of carbonyl (C=O) groups excluding carboxylic acids is 3. The third-order valence-electron chi connectivity index (χ3n) is 6.84. The number of nitrogens with one attached hydrogen (secondary N) is 3. The van der Waals surface area contributed by atoms with Crippen molar-refractivity contribution in [3.05, 3.63) is 88.9 Å². The Kier molecular flexibility index (Phi) is 7.12. The van der Waals surface area contributed by atoms with Crippen molar-refractivity contribution in [1.29, 1.82) is 0 Å². The highest BCUT2D eigenvalue weighted by Crippen LogP contribution is 2.44. The summed E-state index contributed by atoms with van der Waals surface area (Å²) in [6, 6.07) is 20.4. The van der Waals surface area contributed by atoms with Crippen molar-refractivity contribution >= 4 is 52.7 Å². The molecule has 0 aliphatic carbocycles. The van der Waals surface area contributed by atoms with Crippen LogP contribution in [0.25, 0.3) is 0 Å². The average Bonchev–Trinajstić information content (AvgIpc) is 3.33. The molecular formula is C28H25ClN4O6. The SMILES string of the molecule is O=C(O)Nc1ccc(NC(=O)[C@@H](Cc2ccccc2)C(=O)N2CC[C@]3(C2)OC(=O)Nc2ccc(Cl)cc23)cc1. The zero-order valence-electron chi connectivity index (χ0n) is 20.6. The summed E-state index contributed by atoms with van der Waals surface area (Å²) in [5, 5.41) is 17.0. The van der Waals surface area contributed by atoms with Crippen molar-refractivity contribution in [1.82, 2.24) is 4.90 Å². The molecule has 0 saturated carbocycles. The Bertz CT molecular complexity index is 1430. The first-order valence-corrected chi connectivity index (χ1v) is 12.6. The lowest BCUT2D eigenvalue weighted by Crippen LogP contribution is -2.45. The highest BCUT2D eigenvalue weighted by Gasteiger charge is 2.50. The van der Waals surface area contributed by atoms with E-state index in [1.807, 2.05) is 30.3 Å².